The number of morpholine rings is 1. The summed E-state index contributed by atoms with van der Waals surface area (Å²) in [6, 6.07) is 1.46. The van der Waals surface area contributed by atoms with Crippen LogP contribution < -0.4 is 9.64 Å². The molecule has 0 aromatic heterocycles. The van der Waals surface area contributed by atoms with E-state index in [4.69, 9.17) is 4.74 Å². The Morgan fingerprint density at radius 2 is 1.82 bits per heavy atom. The molecule has 0 unspecified atom stereocenters. The fourth-order valence-corrected chi connectivity index (χ4v) is 3.50. The van der Waals surface area contributed by atoms with Crippen LogP contribution in [0.5, 0.6) is 5.75 Å². The van der Waals surface area contributed by atoms with Crippen LogP contribution in [0.4, 0.5) is 37.7 Å². The van der Waals surface area contributed by atoms with Crippen LogP contribution in [-0.2, 0) is 15.7 Å². The monoisotopic (exact) mass is 485 g/mol. The van der Waals surface area contributed by atoms with E-state index >= 15 is 0 Å². The predicted molar refractivity (Wildman–Crippen MR) is 102 cm³/mol. The quantitative estimate of drug-likeness (QED) is 0.183. The highest BCUT2D eigenvalue weighted by molar-refractivity contribution is 5.82. The Balaban J connectivity index is 2.05. The molecule has 0 radical (unpaired) electrons. The molecule has 184 valence electrons. The lowest BCUT2D eigenvalue weighted by molar-refractivity contribution is -0.388. The van der Waals surface area contributed by atoms with Crippen molar-refractivity contribution >= 4 is 17.3 Å². The molecule has 0 bridgehead atoms. The molecular weight excluding hydrogens is 464 g/mol. The lowest BCUT2D eigenvalue weighted by Gasteiger charge is -2.32. The third-order valence-electron chi connectivity index (χ3n) is 5.33. The van der Waals surface area contributed by atoms with Crippen molar-refractivity contribution in [3.63, 3.8) is 0 Å². The van der Waals surface area contributed by atoms with Gasteiger partial charge in [0.05, 0.1) is 23.8 Å². The lowest BCUT2D eigenvalue weighted by atomic mass is 10.1. The highest BCUT2D eigenvalue weighted by Crippen LogP contribution is 2.48. The van der Waals surface area contributed by atoms with Crippen molar-refractivity contribution in [1.29, 1.82) is 0 Å². The second kappa shape index (κ2) is 9.71. The molecule has 0 N–H and O–H groups in total. The molecule has 1 aromatic rings. The average Bonchev–Trinajstić information content (AvgIpc) is 3.54. The number of hydrogen-bond donors (Lipinski definition) is 0. The zero-order chi connectivity index (χ0) is 24.4. The number of rotatable bonds is 8. The van der Waals surface area contributed by atoms with Gasteiger partial charge in [-0.2, -0.15) is 26.3 Å². The average molecular weight is 485 g/mol. The van der Waals surface area contributed by atoms with Gasteiger partial charge in [-0.1, -0.05) is 0 Å². The van der Waals surface area contributed by atoms with Crippen molar-refractivity contribution in [3.8, 4) is 5.75 Å². The summed E-state index contributed by atoms with van der Waals surface area (Å²) in [6.07, 6.45) is -9.48. The maximum atomic E-state index is 13.8. The van der Waals surface area contributed by atoms with Crippen molar-refractivity contribution in [2.24, 2.45) is 5.92 Å². The largest absolute Gasteiger partial charge is 0.491 e. The van der Waals surface area contributed by atoms with E-state index in [0.29, 0.717) is 38.9 Å². The van der Waals surface area contributed by atoms with Crippen molar-refractivity contribution in [3.05, 3.63) is 27.8 Å². The van der Waals surface area contributed by atoms with Crippen LogP contribution >= 0.6 is 0 Å². The third-order valence-corrected chi connectivity index (χ3v) is 5.33. The van der Waals surface area contributed by atoms with Crippen LogP contribution in [0.2, 0.25) is 0 Å². The summed E-state index contributed by atoms with van der Waals surface area (Å²) in [7, 11) is 0. The van der Waals surface area contributed by atoms with Gasteiger partial charge < -0.3 is 14.4 Å². The van der Waals surface area contributed by atoms with E-state index in [1.54, 1.807) is 0 Å². The first-order chi connectivity index (χ1) is 15.4. The zero-order valence-corrected chi connectivity index (χ0v) is 17.2. The Kier molecular flexibility index (Phi) is 7.36. The number of nitro benzene ring substituents is 1. The number of nitro groups is 1. The molecule has 33 heavy (non-hydrogen) atoms. The Morgan fingerprint density at radius 3 is 2.33 bits per heavy atom. The summed E-state index contributed by atoms with van der Waals surface area (Å²) < 4.78 is 89.3. The van der Waals surface area contributed by atoms with Gasteiger partial charge in [-0.05, 0) is 24.8 Å². The fourth-order valence-electron chi connectivity index (χ4n) is 3.50. The summed E-state index contributed by atoms with van der Waals surface area (Å²) in [5.41, 5.74) is -3.99. The SMILES string of the molecule is O=C(Oc1c(N(CCN2CCOCC2)CC2CC2)ccc([N+](=O)[O-])c1C(F)(F)F)C(F)(F)F. The second-order valence-electron chi connectivity index (χ2n) is 7.79. The van der Waals surface area contributed by atoms with Crippen molar-refractivity contribution in [2.45, 2.75) is 25.2 Å². The normalized spacial score (nSPS) is 17.6. The van der Waals surface area contributed by atoms with Gasteiger partial charge in [0.2, 0.25) is 0 Å². The number of alkyl halides is 6. The summed E-state index contributed by atoms with van der Waals surface area (Å²) >= 11 is 0. The molecule has 0 amide bonds. The van der Waals surface area contributed by atoms with E-state index in [1.807, 2.05) is 4.90 Å². The number of halogens is 6. The molecule has 2 fully saturated rings. The molecule has 1 aromatic carbocycles. The van der Waals surface area contributed by atoms with E-state index in [1.165, 1.54) is 4.90 Å². The summed E-state index contributed by atoms with van der Waals surface area (Å²) in [5, 5.41) is 11.2. The van der Waals surface area contributed by atoms with Gasteiger partial charge in [0, 0.05) is 38.8 Å². The van der Waals surface area contributed by atoms with E-state index in [0.717, 1.165) is 18.9 Å². The second-order valence-corrected chi connectivity index (χ2v) is 7.79. The number of esters is 1. The molecule has 0 atom stereocenters. The molecule has 1 saturated heterocycles. The van der Waals surface area contributed by atoms with E-state index in [-0.39, 0.29) is 19.0 Å². The summed E-state index contributed by atoms with van der Waals surface area (Å²) in [5.74, 6) is -4.30. The number of ether oxygens (including phenoxy) is 2. The topological polar surface area (TPSA) is 85.2 Å². The minimum Gasteiger partial charge on any atom is -0.417 e. The Hall–Kier alpha value is -2.61. The van der Waals surface area contributed by atoms with Gasteiger partial charge in [0.1, 0.15) is 0 Å². The first-order valence-corrected chi connectivity index (χ1v) is 10.1. The highest BCUT2D eigenvalue weighted by atomic mass is 19.4. The zero-order valence-electron chi connectivity index (χ0n) is 17.2. The number of anilines is 1. The van der Waals surface area contributed by atoms with Gasteiger partial charge >= 0.3 is 18.3 Å². The first-order valence-electron chi connectivity index (χ1n) is 10.1. The smallest absolute Gasteiger partial charge is 0.417 e. The highest BCUT2D eigenvalue weighted by Gasteiger charge is 2.48. The molecule has 1 aliphatic carbocycles. The minimum atomic E-state index is -5.60. The fraction of sp³-hybridized carbons (Fsp3) is 0.632. The predicted octanol–water partition coefficient (Wildman–Crippen LogP) is 3.63. The van der Waals surface area contributed by atoms with Gasteiger partial charge in [-0.15, -0.1) is 0 Å². The molecule has 14 heteroatoms. The molecule has 1 aliphatic heterocycles. The van der Waals surface area contributed by atoms with E-state index in [2.05, 4.69) is 4.74 Å². The van der Waals surface area contributed by atoms with Gasteiger partial charge in [0.25, 0.3) is 5.69 Å². The van der Waals surface area contributed by atoms with Crippen LogP contribution in [0.1, 0.15) is 18.4 Å². The van der Waals surface area contributed by atoms with Crippen LogP contribution in [0.3, 0.4) is 0 Å². The summed E-state index contributed by atoms with van der Waals surface area (Å²) in [6.45, 7) is 2.75. The number of hydrogen-bond acceptors (Lipinski definition) is 7. The van der Waals surface area contributed by atoms with Crippen molar-refractivity contribution < 1.29 is 45.5 Å². The Morgan fingerprint density at radius 1 is 1.18 bits per heavy atom. The maximum absolute atomic E-state index is 13.8. The molecule has 2 aliphatic rings. The van der Waals surface area contributed by atoms with E-state index < -0.39 is 45.9 Å². The standard InChI is InChI=1S/C19H21F6N3O5/c20-18(21,22)15-13(28(30)31)3-4-14(16(15)33-17(29)19(23,24)25)27(11-12-1-2-12)6-5-26-7-9-32-10-8-26/h3-4,12H,1-2,5-11H2. The van der Waals surface area contributed by atoms with Crippen LogP contribution in [0.25, 0.3) is 0 Å². The third kappa shape index (κ3) is 6.47. The van der Waals surface area contributed by atoms with Crippen LogP contribution in [0.15, 0.2) is 12.1 Å². The first kappa shape index (κ1) is 25.0. The number of benzene rings is 1. The van der Waals surface area contributed by atoms with Crippen molar-refractivity contribution in [2.75, 3.05) is 50.8 Å². The van der Waals surface area contributed by atoms with Gasteiger partial charge in [-0.3, -0.25) is 15.0 Å². The van der Waals surface area contributed by atoms with Crippen LogP contribution in [0, 0.1) is 16.0 Å². The number of carbonyl (C=O) groups is 1. The molecular formula is C19H21F6N3O5. The lowest BCUT2D eigenvalue weighted by Crippen LogP contribution is -2.42. The Bertz CT molecular complexity index is 882. The molecule has 0 spiro atoms. The van der Waals surface area contributed by atoms with Crippen LogP contribution in [-0.4, -0.2) is 67.9 Å². The van der Waals surface area contributed by atoms with Crippen molar-refractivity contribution in [1.82, 2.24) is 4.90 Å². The van der Waals surface area contributed by atoms with Gasteiger partial charge in [0.15, 0.2) is 11.3 Å². The van der Waals surface area contributed by atoms with Gasteiger partial charge in [-0.25, -0.2) is 4.79 Å². The maximum Gasteiger partial charge on any atom is 0.491 e. The molecule has 8 nitrogen and oxygen atoms in total. The summed E-state index contributed by atoms with van der Waals surface area (Å²) in [4.78, 5) is 24.7. The molecule has 3 rings (SSSR count). The minimum absolute atomic E-state index is 0.102. The number of nitrogens with zero attached hydrogens (tertiary/aromatic N) is 3. The number of carbonyl (C=O) groups excluding carboxylic acids is 1. The Labute approximate surface area is 184 Å². The van der Waals surface area contributed by atoms with E-state index in [9.17, 15) is 41.3 Å². The molecule has 1 heterocycles. The molecule has 1 saturated carbocycles.